The number of rotatable bonds is 6. The number of aryl methyl sites for hydroxylation is 1. The predicted octanol–water partition coefficient (Wildman–Crippen LogP) is 1.07. The Morgan fingerprint density at radius 2 is 2.26 bits per heavy atom. The van der Waals surface area contributed by atoms with E-state index in [0.29, 0.717) is 18.1 Å². The van der Waals surface area contributed by atoms with Gasteiger partial charge in [-0.25, -0.2) is 0 Å². The van der Waals surface area contributed by atoms with Crippen molar-refractivity contribution in [3.05, 3.63) is 30.1 Å². The van der Waals surface area contributed by atoms with Gasteiger partial charge in [0, 0.05) is 19.1 Å². The summed E-state index contributed by atoms with van der Waals surface area (Å²) in [7, 11) is 0. The van der Waals surface area contributed by atoms with E-state index < -0.39 is 5.91 Å². The molecule has 3 heterocycles. The second kappa shape index (κ2) is 8.08. The van der Waals surface area contributed by atoms with Gasteiger partial charge in [-0.3, -0.25) is 9.59 Å². The topological polar surface area (TPSA) is 139 Å². The molecule has 1 aliphatic rings. The number of carbonyl (C=O) groups excluding carboxylic acids is 2. The molecular weight excluding hydrogens is 368 g/mol. The van der Waals surface area contributed by atoms with Crippen LogP contribution in [0.2, 0.25) is 0 Å². The first kappa shape index (κ1) is 18.7. The van der Waals surface area contributed by atoms with Gasteiger partial charge in [0.15, 0.2) is 11.5 Å². The van der Waals surface area contributed by atoms with Gasteiger partial charge >= 0.3 is 0 Å². The van der Waals surface area contributed by atoms with Crippen molar-refractivity contribution < 1.29 is 9.59 Å². The van der Waals surface area contributed by atoms with E-state index in [1.807, 2.05) is 13.0 Å². The summed E-state index contributed by atoms with van der Waals surface area (Å²) in [6.45, 7) is 6.60. The lowest BCUT2D eigenvalue weighted by molar-refractivity contribution is -0.127. The zero-order chi connectivity index (χ0) is 19.4. The molecule has 1 atom stereocenters. The van der Waals surface area contributed by atoms with Crippen LogP contribution in [0.25, 0.3) is 0 Å². The lowest BCUT2D eigenvalue weighted by Crippen LogP contribution is -2.44. The maximum absolute atomic E-state index is 11.8. The van der Waals surface area contributed by atoms with E-state index in [9.17, 15) is 9.59 Å². The molecule has 0 saturated carbocycles. The number of anilines is 3. The summed E-state index contributed by atoms with van der Waals surface area (Å²) in [5.74, 6) is -0.377. The molecular formula is C16H20N8O2S. The van der Waals surface area contributed by atoms with Crippen LogP contribution in [0.1, 0.15) is 29.0 Å². The number of aromatic nitrogens is 4. The van der Waals surface area contributed by atoms with Crippen LogP contribution in [-0.4, -0.2) is 55.4 Å². The van der Waals surface area contributed by atoms with E-state index in [1.54, 1.807) is 4.90 Å². The highest BCUT2D eigenvalue weighted by Crippen LogP contribution is 2.23. The minimum absolute atomic E-state index is 0.0256. The quantitative estimate of drug-likeness (QED) is 0.625. The SMILES string of the molecule is C=CC(=O)N1CCCC(Nc2nnc(C(N)=O)c(Nc3cc(C)ns3)n2)C1. The molecule has 2 aromatic rings. The molecule has 10 nitrogen and oxygen atoms in total. The van der Waals surface area contributed by atoms with Crippen LogP contribution in [0, 0.1) is 6.92 Å². The summed E-state index contributed by atoms with van der Waals surface area (Å²) in [4.78, 5) is 29.5. The van der Waals surface area contributed by atoms with Crippen molar-refractivity contribution in [2.24, 2.45) is 5.73 Å². The largest absolute Gasteiger partial charge is 0.364 e. The number of likely N-dealkylation sites (tertiary alicyclic amines) is 1. The first-order chi connectivity index (χ1) is 13.0. The van der Waals surface area contributed by atoms with Gasteiger partial charge in [-0.05, 0) is 43.4 Å². The van der Waals surface area contributed by atoms with E-state index in [4.69, 9.17) is 5.73 Å². The smallest absolute Gasteiger partial charge is 0.273 e. The van der Waals surface area contributed by atoms with Crippen molar-refractivity contribution in [1.82, 2.24) is 24.5 Å². The second-order valence-electron chi connectivity index (χ2n) is 6.13. The van der Waals surface area contributed by atoms with Crippen molar-refractivity contribution in [1.29, 1.82) is 0 Å². The van der Waals surface area contributed by atoms with Crippen LogP contribution in [0.3, 0.4) is 0 Å². The number of piperidine rings is 1. The number of primary amides is 1. The Morgan fingerprint density at radius 1 is 1.44 bits per heavy atom. The van der Waals surface area contributed by atoms with E-state index in [2.05, 4.69) is 36.8 Å². The van der Waals surface area contributed by atoms with Gasteiger partial charge in [0.2, 0.25) is 11.9 Å². The molecule has 0 aromatic carbocycles. The van der Waals surface area contributed by atoms with Crippen molar-refractivity contribution in [2.75, 3.05) is 23.7 Å². The van der Waals surface area contributed by atoms with Gasteiger partial charge in [0.05, 0.1) is 5.69 Å². The zero-order valence-corrected chi connectivity index (χ0v) is 15.6. The van der Waals surface area contributed by atoms with Gasteiger partial charge in [-0.15, -0.1) is 10.2 Å². The number of nitrogens with two attached hydrogens (primary N) is 1. The Kier molecular flexibility index (Phi) is 5.60. The summed E-state index contributed by atoms with van der Waals surface area (Å²) in [5.41, 5.74) is 6.16. The predicted molar refractivity (Wildman–Crippen MR) is 102 cm³/mol. The Morgan fingerprint density at radius 3 is 2.93 bits per heavy atom. The van der Waals surface area contributed by atoms with Crippen LogP contribution in [0.15, 0.2) is 18.7 Å². The highest BCUT2D eigenvalue weighted by Gasteiger charge is 2.23. The molecule has 1 aliphatic heterocycles. The molecule has 1 unspecified atom stereocenters. The van der Waals surface area contributed by atoms with Gasteiger partial charge in [0.1, 0.15) is 5.00 Å². The molecule has 0 aliphatic carbocycles. The van der Waals surface area contributed by atoms with Crippen molar-refractivity contribution in [3.8, 4) is 0 Å². The molecule has 142 valence electrons. The molecule has 4 N–H and O–H groups in total. The third kappa shape index (κ3) is 4.56. The molecule has 1 fully saturated rings. The number of carbonyl (C=O) groups is 2. The minimum Gasteiger partial charge on any atom is -0.364 e. The van der Waals surface area contributed by atoms with Crippen molar-refractivity contribution in [2.45, 2.75) is 25.8 Å². The summed E-state index contributed by atoms with van der Waals surface area (Å²) in [5, 5.41) is 14.7. The summed E-state index contributed by atoms with van der Waals surface area (Å²) >= 11 is 1.24. The average Bonchev–Trinajstić information content (AvgIpc) is 3.06. The van der Waals surface area contributed by atoms with Crippen LogP contribution in [0.5, 0.6) is 0 Å². The van der Waals surface area contributed by atoms with Crippen LogP contribution >= 0.6 is 11.5 Å². The monoisotopic (exact) mass is 388 g/mol. The molecule has 1 saturated heterocycles. The van der Waals surface area contributed by atoms with Gasteiger partial charge in [0.25, 0.3) is 5.91 Å². The number of hydrogen-bond donors (Lipinski definition) is 3. The molecule has 11 heteroatoms. The van der Waals surface area contributed by atoms with E-state index in [1.165, 1.54) is 17.6 Å². The Labute approximate surface area is 160 Å². The van der Waals surface area contributed by atoms with Crippen molar-refractivity contribution >= 4 is 40.1 Å². The molecule has 27 heavy (non-hydrogen) atoms. The Hall–Kier alpha value is -3.08. The summed E-state index contributed by atoms with van der Waals surface area (Å²) in [6, 6.07) is 1.80. The molecule has 0 spiro atoms. The third-order valence-corrected chi connectivity index (χ3v) is 4.83. The van der Waals surface area contributed by atoms with Gasteiger partial charge in [-0.2, -0.15) is 9.36 Å². The fraction of sp³-hybridized carbons (Fsp3) is 0.375. The highest BCUT2D eigenvalue weighted by molar-refractivity contribution is 7.10. The maximum atomic E-state index is 11.8. The Balaban J connectivity index is 1.77. The second-order valence-corrected chi connectivity index (χ2v) is 6.93. The van der Waals surface area contributed by atoms with Crippen LogP contribution in [0.4, 0.5) is 16.8 Å². The van der Waals surface area contributed by atoms with Crippen LogP contribution < -0.4 is 16.4 Å². The zero-order valence-electron chi connectivity index (χ0n) is 14.8. The number of amides is 2. The fourth-order valence-electron chi connectivity index (χ4n) is 2.79. The van der Waals surface area contributed by atoms with Crippen LogP contribution in [-0.2, 0) is 4.79 Å². The van der Waals surface area contributed by atoms with E-state index >= 15 is 0 Å². The summed E-state index contributed by atoms with van der Waals surface area (Å²) < 4.78 is 4.17. The molecule has 2 amide bonds. The molecule has 2 aromatic heterocycles. The maximum Gasteiger partial charge on any atom is 0.273 e. The van der Waals surface area contributed by atoms with Gasteiger partial charge in [-0.1, -0.05) is 6.58 Å². The molecule has 0 bridgehead atoms. The lowest BCUT2D eigenvalue weighted by Gasteiger charge is -2.32. The van der Waals surface area contributed by atoms with E-state index in [-0.39, 0.29) is 29.4 Å². The van der Waals surface area contributed by atoms with Crippen molar-refractivity contribution in [3.63, 3.8) is 0 Å². The fourth-order valence-corrected chi connectivity index (χ4v) is 3.45. The first-order valence-corrected chi connectivity index (χ1v) is 9.16. The normalized spacial score (nSPS) is 16.6. The highest BCUT2D eigenvalue weighted by atomic mass is 32.1. The first-order valence-electron chi connectivity index (χ1n) is 8.39. The Bertz CT molecular complexity index is 868. The number of nitrogens with zero attached hydrogens (tertiary/aromatic N) is 5. The lowest BCUT2D eigenvalue weighted by atomic mass is 10.1. The van der Waals surface area contributed by atoms with E-state index in [0.717, 1.165) is 18.5 Å². The molecule has 3 rings (SSSR count). The molecule has 0 radical (unpaired) electrons. The number of hydrogen-bond acceptors (Lipinski definition) is 9. The standard InChI is InChI=1S/C16H20N8O2S/c1-3-12(25)24-6-4-5-10(8-24)18-16-20-15(13(14(17)26)21-22-16)19-11-7-9(2)23-27-11/h3,7,10H,1,4-6,8H2,2H3,(H2,17,26)(H2,18,19,20,22). The number of nitrogens with one attached hydrogen (secondary N) is 2. The summed E-state index contributed by atoms with van der Waals surface area (Å²) in [6.07, 6.45) is 3.02. The average molecular weight is 388 g/mol. The van der Waals surface area contributed by atoms with Gasteiger partial charge < -0.3 is 21.3 Å². The minimum atomic E-state index is -0.731. The third-order valence-electron chi connectivity index (χ3n) is 4.03.